The molecular weight excluding hydrogens is 418 g/mol. The van der Waals surface area contributed by atoms with Crippen LogP contribution in [0.1, 0.15) is 35.7 Å². The number of likely N-dealkylation sites (tertiary alicyclic amines) is 1. The highest BCUT2D eigenvalue weighted by Gasteiger charge is 2.57. The first kappa shape index (κ1) is 19.9. The number of carbonyl (C=O) groups is 4. The van der Waals surface area contributed by atoms with E-state index < -0.39 is 12.2 Å². The molecular formula is C26H23N3O4. The maximum atomic E-state index is 13.1. The fourth-order valence-electron chi connectivity index (χ4n) is 6.01. The van der Waals surface area contributed by atoms with Crippen LogP contribution in [-0.4, -0.2) is 34.7 Å². The third-order valence-corrected chi connectivity index (χ3v) is 7.50. The minimum Gasteiger partial charge on any atom is -0.317 e. The number of hydrogen-bond acceptors (Lipinski definition) is 4. The average Bonchev–Trinajstić information content (AvgIpc) is 3.27. The lowest BCUT2D eigenvalue weighted by Gasteiger charge is -2.38. The number of ketones is 1. The van der Waals surface area contributed by atoms with E-state index in [0.717, 1.165) is 24.0 Å². The molecule has 7 heteroatoms. The van der Waals surface area contributed by atoms with Crippen LogP contribution in [0.4, 0.5) is 10.5 Å². The van der Waals surface area contributed by atoms with Crippen molar-refractivity contribution >= 4 is 29.3 Å². The Morgan fingerprint density at radius 1 is 0.879 bits per heavy atom. The number of allylic oxidation sites excluding steroid dienone is 2. The van der Waals surface area contributed by atoms with Gasteiger partial charge in [-0.15, -0.1) is 0 Å². The SMILES string of the molecule is C[C@H](NC(=O)Nc1ccc2c(c1)C(=O)c1ccccc1-2)N1C(=O)[C@H]2[C@H](C1=O)[C@H]1C=C[C@H]2CC1. The molecule has 0 spiro atoms. The van der Waals surface area contributed by atoms with Gasteiger partial charge in [0.05, 0.1) is 11.8 Å². The van der Waals surface area contributed by atoms with Gasteiger partial charge in [0.2, 0.25) is 11.8 Å². The summed E-state index contributed by atoms with van der Waals surface area (Å²) in [4.78, 5) is 52.7. The van der Waals surface area contributed by atoms with Crippen LogP contribution in [0.15, 0.2) is 54.6 Å². The minimum atomic E-state index is -0.768. The summed E-state index contributed by atoms with van der Waals surface area (Å²) in [5.41, 5.74) is 3.39. The normalized spacial score (nSPS) is 27.3. The largest absolute Gasteiger partial charge is 0.320 e. The summed E-state index contributed by atoms with van der Waals surface area (Å²) in [6, 6.07) is 12.1. The Morgan fingerprint density at radius 2 is 1.48 bits per heavy atom. The Hall–Kier alpha value is -3.74. The Balaban J connectivity index is 1.16. The van der Waals surface area contributed by atoms with Crippen LogP contribution < -0.4 is 10.6 Å². The van der Waals surface area contributed by atoms with E-state index in [2.05, 4.69) is 22.8 Å². The van der Waals surface area contributed by atoms with E-state index in [4.69, 9.17) is 0 Å². The van der Waals surface area contributed by atoms with Gasteiger partial charge < -0.3 is 10.6 Å². The van der Waals surface area contributed by atoms with E-state index in [1.54, 1.807) is 25.1 Å². The molecule has 1 aliphatic heterocycles. The Bertz CT molecular complexity index is 1230. The molecule has 2 fully saturated rings. The lowest BCUT2D eigenvalue weighted by Crippen LogP contribution is -2.50. The standard InChI is InChI=1S/C26H23N3O4/c1-13(29-24(31)21-14-6-7-15(9-8-14)22(21)25(29)32)27-26(33)28-16-10-11-18-17-4-2-3-5-19(17)23(30)20(18)12-16/h2-7,10-15,21-22H,8-9H2,1H3,(H2,27,28,33)/t13-,14+,15+,21-,22-/m1/s1. The lowest BCUT2D eigenvalue weighted by atomic mass is 9.63. The predicted octanol–water partition coefficient (Wildman–Crippen LogP) is 3.56. The molecule has 2 bridgehead atoms. The van der Waals surface area contributed by atoms with E-state index in [1.165, 1.54) is 4.90 Å². The van der Waals surface area contributed by atoms with Crippen LogP contribution in [0, 0.1) is 23.7 Å². The molecule has 0 aromatic heterocycles. The molecule has 7 rings (SSSR count). The summed E-state index contributed by atoms with van der Waals surface area (Å²) in [7, 11) is 0. The smallest absolute Gasteiger partial charge is 0.317 e. The van der Waals surface area contributed by atoms with E-state index in [9.17, 15) is 19.2 Å². The van der Waals surface area contributed by atoms with Crippen molar-refractivity contribution in [2.24, 2.45) is 23.7 Å². The molecule has 4 aliphatic carbocycles. The van der Waals surface area contributed by atoms with Crippen molar-refractivity contribution in [1.29, 1.82) is 0 Å². The van der Waals surface area contributed by atoms with E-state index in [1.807, 2.05) is 24.3 Å². The van der Waals surface area contributed by atoms with E-state index >= 15 is 0 Å². The number of fused-ring (bicyclic) bond motifs is 4. The molecule has 33 heavy (non-hydrogen) atoms. The lowest BCUT2D eigenvalue weighted by molar-refractivity contribution is -0.142. The third kappa shape index (κ3) is 2.88. The summed E-state index contributed by atoms with van der Waals surface area (Å²) < 4.78 is 0. The summed E-state index contributed by atoms with van der Waals surface area (Å²) in [6.07, 6.45) is 5.23. The maximum Gasteiger partial charge on any atom is 0.320 e. The van der Waals surface area contributed by atoms with E-state index in [-0.39, 0.29) is 41.3 Å². The zero-order chi connectivity index (χ0) is 22.9. The first-order valence-electron chi connectivity index (χ1n) is 11.3. The van der Waals surface area contributed by atoms with Crippen molar-refractivity contribution in [3.05, 3.63) is 65.7 Å². The molecule has 0 unspecified atom stereocenters. The molecule has 1 saturated heterocycles. The van der Waals surface area contributed by atoms with Gasteiger partial charge >= 0.3 is 6.03 Å². The zero-order valence-corrected chi connectivity index (χ0v) is 18.1. The monoisotopic (exact) mass is 441 g/mol. The van der Waals surface area contributed by atoms with Crippen LogP contribution in [0.25, 0.3) is 11.1 Å². The molecule has 2 N–H and O–H groups in total. The third-order valence-electron chi connectivity index (χ3n) is 7.50. The van der Waals surface area contributed by atoms with Crippen LogP contribution >= 0.6 is 0 Å². The second-order valence-corrected chi connectivity index (χ2v) is 9.30. The predicted molar refractivity (Wildman–Crippen MR) is 121 cm³/mol. The van der Waals surface area contributed by atoms with Crippen molar-refractivity contribution in [2.75, 3.05) is 5.32 Å². The highest BCUT2D eigenvalue weighted by molar-refractivity contribution is 6.22. The van der Waals surface area contributed by atoms with Crippen molar-refractivity contribution in [3.63, 3.8) is 0 Å². The average molecular weight is 441 g/mol. The van der Waals surface area contributed by atoms with Crippen LogP contribution in [-0.2, 0) is 9.59 Å². The van der Waals surface area contributed by atoms with Crippen molar-refractivity contribution in [3.8, 4) is 11.1 Å². The number of rotatable bonds is 3. The van der Waals surface area contributed by atoms with Crippen molar-refractivity contribution in [2.45, 2.75) is 25.9 Å². The molecule has 7 nitrogen and oxygen atoms in total. The number of carbonyl (C=O) groups excluding carboxylic acids is 4. The van der Waals surface area contributed by atoms with Crippen molar-refractivity contribution in [1.82, 2.24) is 10.2 Å². The summed E-state index contributed by atoms with van der Waals surface area (Å²) >= 11 is 0. The van der Waals surface area contributed by atoms with Gasteiger partial charge in [-0.25, -0.2) is 4.79 Å². The number of benzene rings is 2. The number of anilines is 1. The molecule has 1 heterocycles. The quantitative estimate of drug-likeness (QED) is 0.480. The molecule has 4 amide bonds. The number of urea groups is 1. The topological polar surface area (TPSA) is 95.6 Å². The van der Waals surface area contributed by atoms with Gasteiger partial charge in [-0.1, -0.05) is 42.5 Å². The molecule has 1 saturated carbocycles. The summed E-state index contributed by atoms with van der Waals surface area (Å²) in [6.45, 7) is 1.64. The number of imide groups is 1. The van der Waals surface area contributed by atoms with Gasteiger partial charge in [0.1, 0.15) is 6.17 Å². The Morgan fingerprint density at radius 3 is 2.12 bits per heavy atom. The number of amides is 4. The van der Waals surface area contributed by atoms with Gasteiger partial charge in [-0.2, -0.15) is 0 Å². The Kier molecular flexibility index (Phi) is 4.30. The van der Waals surface area contributed by atoms with E-state index in [0.29, 0.717) is 16.8 Å². The molecule has 166 valence electrons. The van der Waals surface area contributed by atoms with Gasteiger partial charge in [0.25, 0.3) is 0 Å². The zero-order valence-electron chi connectivity index (χ0n) is 18.1. The minimum absolute atomic E-state index is 0.0721. The number of nitrogens with zero attached hydrogens (tertiary/aromatic N) is 1. The maximum absolute atomic E-state index is 13.1. The van der Waals surface area contributed by atoms with Crippen LogP contribution in [0.3, 0.4) is 0 Å². The van der Waals surface area contributed by atoms with Gasteiger partial charge in [0.15, 0.2) is 5.78 Å². The fourth-order valence-corrected chi connectivity index (χ4v) is 6.01. The van der Waals surface area contributed by atoms with Gasteiger partial charge in [-0.05, 0) is 54.9 Å². The summed E-state index contributed by atoms with van der Waals surface area (Å²) in [5.74, 6) is -0.866. The van der Waals surface area contributed by atoms with Gasteiger partial charge in [-0.3, -0.25) is 19.3 Å². The Labute approximate surface area is 190 Å². The number of nitrogens with one attached hydrogen (secondary N) is 2. The first-order chi connectivity index (χ1) is 15.9. The first-order valence-corrected chi connectivity index (χ1v) is 11.3. The van der Waals surface area contributed by atoms with Crippen LogP contribution in [0.2, 0.25) is 0 Å². The molecule has 5 atom stereocenters. The summed E-state index contributed by atoms with van der Waals surface area (Å²) in [5, 5.41) is 5.45. The highest BCUT2D eigenvalue weighted by Crippen LogP contribution is 2.49. The van der Waals surface area contributed by atoms with Gasteiger partial charge in [0, 0.05) is 16.8 Å². The fraction of sp³-hybridized carbons (Fsp3) is 0.308. The second kappa shape index (κ2) is 7.13. The highest BCUT2D eigenvalue weighted by atomic mass is 16.2. The van der Waals surface area contributed by atoms with Crippen molar-refractivity contribution < 1.29 is 19.2 Å². The second-order valence-electron chi connectivity index (χ2n) is 9.30. The molecule has 2 aromatic rings. The number of hydrogen-bond donors (Lipinski definition) is 2. The molecule has 2 aromatic carbocycles. The molecule has 5 aliphatic rings. The molecule has 0 radical (unpaired) electrons. The van der Waals surface area contributed by atoms with Crippen LogP contribution in [0.5, 0.6) is 0 Å².